The summed E-state index contributed by atoms with van der Waals surface area (Å²) in [7, 11) is 0. The van der Waals surface area contributed by atoms with Crippen molar-refractivity contribution in [3.63, 3.8) is 0 Å². The number of hydrogen-bond acceptors (Lipinski definition) is 1. The van der Waals surface area contributed by atoms with Crippen LogP contribution in [0.15, 0.2) is 200 Å². The molecule has 2 aromatic heterocycles. The largest absolute Gasteiger partial charge is 0.310 e. The van der Waals surface area contributed by atoms with E-state index in [0.29, 0.717) is 11.3 Å². The van der Waals surface area contributed by atoms with Crippen LogP contribution in [-0.4, -0.2) is 15.8 Å². The molecule has 0 fully saturated rings. The summed E-state index contributed by atoms with van der Waals surface area (Å²) >= 11 is 0. The van der Waals surface area contributed by atoms with Crippen molar-refractivity contribution in [1.82, 2.24) is 9.13 Å². The number of nitriles is 1. The minimum atomic E-state index is -0.479. The van der Waals surface area contributed by atoms with Crippen LogP contribution in [0.1, 0.15) is 27.8 Å². The van der Waals surface area contributed by atoms with E-state index in [2.05, 4.69) is 208 Å². The van der Waals surface area contributed by atoms with Gasteiger partial charge in [0.25, 0.3) is 6.71 Å². The third-order valence-electron chi connectivity index (χ3n) is 16.7. The van der Waals surface area contributed by atoms with Crippen LogP contribution in [0.5, 0.6) is 0 Å². The number of nitrogens with zero attached hydrogens (tertiary/aromatic N) is 4. The zero-order chi connectivity index (χ0) is 45.7. The summed E-state index contributed by atoms with van der Waals surface area (Å²) in [5.41, 5.74) is 24.1. The van der Waals surface area contributed by atoms with Crippen molar-refractivity contribution in [3.8, 4) is 50.8 Å². The molecule has 316 valence electrons. The smallest absolute Gasteiger partial charge is 0.252 e. The highest BCUT2D eigenvalue weighted by Crippen LogP contribution is 2.63. The first-order chi connectivity index (χ1) is 34.6. The van der Waals surface area contributed by atoms with E-state index >= 15 is 0 Å². The number of hydrogen-bond donors (Lipinski definition) is 0. The van der Waals surface area contributed by atoms with Gasteiger partial charge in [0.15, 0.2) is 5.69 Å². The molecule has 2 aliphatic carbocycles. The van der Waals surface area contributed by atoms with Crippen LogP contribution in [0.2, 0.25) is 0 Å². The lowest BCUT2D eigenvalue weighted by Crippen LogP contribution is -2.59. The van der Waals surface area contributed by atoms with Crippen molar-refractivity contribution < 1.29 is 0 Å². The Hall–Kier alpha value is -9.42. The maximum atomic E-state index is 10.4. The summed E-state index contributed by atoms with van der Waals surface area (Å²) in [5, 5.41) is 19.6. The van der Waals surface area contributed by atoms with Crippen molar-refractivity contribution in [2.75, 3.05) is 0 Å². The van der Waals surface area contributed by atoms with Crippen molar-refractivity contribution in [2.24, 2.45) is 0 Å². The molecule has 0 amide bonds. The van der Waals surface area contributed by atoms with Gasteiger partial charge < -0.3 is 9.13 Å². The molecule has 4 heterocycles. The molecule has 4 aliphatic rings. The van der Waals surface area contributed by atoms with Gasteiger partial charge >= 0.3 is 0 Å². The number of fused-ring (bicyclic) bond motifs is 24. The molecular weight excluding hydrogens is 848 g/mol. The van der Waals surface area contributed by atoms with Crippen LogP contribution in [0.3, 0.4) is 0 Å². The minimum absolute atomic E-state index is 0.105. The molecule has 0 bridgehead atoms. The third kappa shape index (κ3) is 4.14. The molecule has 11 aromatic carbocycles. The monoisotopic (exact) mass is 880 g/mol. The van der Waals surface area contributed by atoms with Gasteiger partial charge in [-0.05, 0) is 147 Å². The Balaban J connectivity index is 1.05. The Morgan fingerprint density at radius 1 is 0.457 bits per heavy atom. The quantitative estimate of drug-likeness (QED) is 0.120. The van der Waals surface area contributed by atoms with Gasteiger partial charge in [-0.25, -0.2) is 4.85 Å². The first-order valence-corrected chi connectivity index (χ1v) is 24.0. The lowest BCUT2D eigenvalue weighted by atomic mass is 9.34. The molecule has 17 rings (SSSR count). The molecule has 5 heteroatoms. The van der Waals surface area contributed by atoms with Gasteiger partial charge in [-0.1, -0.05) is 152 Å². The van der Waals surface area contributed by atoms with Crippen LogP contribution in [0.4, 0.5) is 5.69 Å². The molecule has 0 unspecified atom stereocenters. The predicted octanol–water partition coefficient (Wildman–Crippen LogP) is 13.8. The molecular formula is C65H33BN4. The Labute approximate surface area is 402 Å². The minimum Gasteiger partial charge on any atom is -0.310 e. The Kier molecular flexibility index (Phi) is 6.58. The zero-order valence-electron chi connectivity index (χ0n) is 37.4. The molecule has 2 aliphatic heterocycles. The highest BCUT2D eigenvalue weighted by atomic mass is 15.0. The molecule has 0 saturated heterocycles. The van der Waals surface area contributed by atoms with Gasteiger partial charge in [-0.2, -0.15) is 5.26 Å². The molecule has 0 saturated carbocycles. The van der Waals surface area contributed by atoms with Crippen molar-refractivity contribution in [3.05, 3.63) is 239 Å². The Morgan fingerprint density at radius 2 is 0.971 bits per heavy atom. The van der Waals surface area contributed by atoms with E-state index in [1.807, 2.05) is 12.1 Å². The number of rotatable bonds is 1. The molecule has 13 aromatic rings. The Bertz CT molecular complexity index is 4500. The summed E-state index contributed by atoms with van der Waals surface area (Å²) in [6.07, 6.45) is 0. The van der Waals surface area contributed by atoms with Gasteiger partial charge in [-0.3, -0.25) is 0 Å². The second-order valence-corrected chi connectivity index (χ2v) is 19.7. The van der Waals surface area contributed by atoms with Crippen molar-refractivity contribution in [2.45, 2.75) is 5.41 Å². The van der Waals surface area contributed by atoms with E-state index in [1.54, 1.807) is 0 Å². The predicted molar refractivity (Wildman–Crippen MR) is 287 cm³/mol. The van der Waals surface area contributed by atoms with Gasteiger partial charge in [0.1, 0.15) is 0 Å². The summed E-state index contributed by atoms with van der Waals surface area (Å²) in [4.78, 5) is 3.97. The fraction of sp³-hybridized carbons (Fsp3) is 0.0154. The third-order valence-corrected chi connectivity index (χ3v) is 16.7. The lowest BCUT2D eigenvalue weighted by molar-refractivity contribution is 0.794. The van der Waals surface area contributed by atoms with Crippen LogP contribution >= 0.6 is 0 Å². The van der Waals surface area contributed by atoms with Crippen molar-refractivity contribution in [1.29, 1.82) is 5.26 Å². The highest BCUT2D eigenvalue weighted by Gasteiger charge is 2.52. The fourth-order valence-corrected chi connectivity index (χ4v) is 14.1. The normalized spacial score (nSPS) is 13.8. The van der Waals surface area contributed by atoms with Crippen LogP contribution in [-0.2, 0) is 5.41 Å². The second kappa shape index (κ2) is 12.6. The second-order valence-electron chi connectivity index (χ2n) is 19.7. The van der Waals surface area contributed by atoms with Gasteiger partial charge in [0, 0.05) is 33.1 Å². The molecule has 4 nitrogen and oxygen atoms in total. The van der Waals surface area contributed by atoms with Gasteiger partial charge in [0.2, 0.25) is 0 Å². The van der Waals surface area contributed by atoms with E-state index in [4.69, 9.17) is 6.57 Å². The van der Waals surface area contributed by atoms with Crippen LogP contribution < -0.4 is 16.4 Å². The number of aromatic nitrogens is 2. The van der Waals surface area contributed by atoms with Gasteiger partial charge in [0.05, 0.1) is 40.2 Å². The standard InChI is InChI=1S/C65H33BN4/c1-68-41-24-27-57-49(34-41)61-43-15-5-3-13-39(43)31-55-64(61)70(57)59-33-40(32-58-62(59)66(55)54-30-38-12-2-4-14-42(38)60-48-28-36(35-67)22-26-56(48)69(58)63(54)60)37-23-25-47-46-18-8-11-21-52(46)65(53(47)29-37)50-19-9-6-16-44(50)45-17-7-10-20-51(45)65/h2-34H. The number of benzene rings is 11. The first kappa shape index (κ1) is 36.7. The summed E-state index contributed by atoms with van der Waals surface area (Å²) < 4.78 is 5.04. The maximum absolute atomic E-state index is 10.4. The van der Waals surface area contributed by atoms with Crippen LogP contribution in [0, 0.1) is 17.9 Å². The molecule has 0 atom stereocenters. The van der Waals surface area contributed by atoms with E-state index in [9.17, 15) is 5.26 Å². The highest BCUT2D eigenvalue weighted by molar-refractivity contribution is 7.00. The van der Waals surface area contributed by atoms with Crippen LogP contribution in [0.25, 0.3) is 115 Å². The van der Waals surface area contributed by atoms with E-state index in [-0.39, 0.29) is 6.71 Å². The molecule has 0 N–H and O–H groups in total. The fourth-order valence-electron chi connectivity index (χ4n) is 14.1. The topological polar surface area (TPSA) is 38.0 Å². The summed E-state index contributed by atoms with van der Waals surface area (Å²) in [5.74, 6) is 0. The zero-order valence-corrected chi connectivity index (χ0v) is 37.4. The molecule has 0 radical (unpaired) electrons. The average molecular weight is 881 g/mol. The summed E-state index contributed by atoms with van der Waals surface area (Å²) in [6, 6.07) is 76.6. The van der Waals surface area contributed by atoms with Gasteiger partial charge in [-0.15, -0.1) is 0 Å². The molecule has 1 spiro atoms. The maximum Gasteiger partial charge on any atom is 0.252 e. The van der Waals surface area contributed by atoms with E-state index in [0.717, 1.165) is 44.3 Å². The van der Waals surface area contributed by atoms with Crippen molar-refractivity contribution >= 4 is 93.9 Å². The molecule has 70 heavy (non-hydrogen) atoms. The lowest BCUT2D eigenvalue weighted by Gasteiger charge is -2.35. The van der Waals surface area contributed by atoms with E-state index < -0.39 is 5.41 Å². The van der Waals surface area contributed by atoms with E-state index in [1.165, 1.54) is 104 Å². The Morgan fingerprint density at radius 3 is 1.54 bits per heavy atom. The SMILES string of the molecule is [C-]#[N+]c1ccc2c(c1)c1c3ccccc3cc3c1n2-c1cc(-c2ccc4c(c2)C2(c5ccccc5-c5ccccc52)c2ccccc2-4)cc2c1B3c1cc3ccccc3c3c4cc(C#N)ccc4n-2c13. The average Bonchev–Trinajstić information content (AvgIpc) is 4.13. The summed E-state index contributed by atoms with van der Waals surface area (Å²) in [6.45, 7) is 8.04. The first-order valence-electron chi connectivity index (χ1n) is 24.0.